The third kappa shape index (κ3) is 6.35. The topological polar surface area (TPSA) is 83.1 Å². The van der Waals surface area contributed by atoms with Crippen molar-refractivity contribution in [3.05, 3.63) is 70.1 Å². The van der Waals surface area contributed by atoms with E-state index in [4.69, 9.17) is 9.47 Å². The maximum absolute atomic E-state index is 13.5. The van der Waals surface area contributed by atoms with Crippen molar-refractivity contribution in [2.75, 3.05) is 49.4 Å². The molecule has 9 heteroatoms. The Balaban J connectivity index is 1.57. The Morgan fingerprint density at radius 2 is 1.76 bits per heavy atom. The van der Waals surface area contributed by atoms with E-state index >= 15 is 0 Å². The number of anilines is 3. The van der Waals surface area contributed by atoms with Gasteiger partial charge < -0.3 is 29.9 Å². The van der Waals surface area contributed by atoms with Crippen LogP contribution in [0, 0.1) is 0 Å². The molecule has 1 aliphatic rings. The van der Waals surface area contributed by atoms with Crippen LogP contribution in [0.2, 0.25) is 0 Å². The molecule has 1 aliphatic heterocycles. The lowest BCUT2D eigenvalue weighted by Gasteiger charge is -2.26. The van der Waals surface area contributed by atoms with Crippen molar-refractivity contribution in [2.45, 2.75) is 33.4 Å². The maximum atomic E-state index is 13.5. The van der Waals surface area contributed by atoms with Gasteiger partial charge in [0.15, 0.2) is 0 Å². The maximum Gasteiger partial charge on any atom is 0.410 e. The van der Waals surface area contributed by atoms with Gasteiger partial charge in [-0.3, -0.25) is 4.79 Å². The zero-order chi connectivity index (χ0) is 26.4. The number of benzene rings is 2. The third-order valence-electron chi connectivity index (χ3n) is 6.14. The molecule has 0 atom stereocenters. The van der Waals surface area contributed by atoms with E-state index in [1.807, 2.05) is 45.3 Å². The van der Waals surface area contributed by atoms with E-state index in [1.54, 1.807) is 11.8 Å². The summed E-state index contributed by atoms with van der Waals surface area (Å²) in [6.45, 7) is 6.18. The Labute approximate surface area is 222 Å². The highest BCUT2D eigenvalue weighted by Gasteiger charge is 2.30. The number of fused-ring (bicyclic) bond motifs is 1. The van der Waals surface area contributed by atoms with Gasteiger partial charge in [0.1, 0.15) is 10.8 Å². The second kappa shape index (κ2) is 12.0. The molecule has 3 aromatic rings. The summed E-state index contributed by atoms with van der Waals surface area (Å²) < 4.78 is 10.7. The predicted molar refractivity (Wildman–Crippen MR) is 149 cm³/mol. The van der Waals surface area contributed by atoms with Gasteiger partial charge in [0, 0.05) is 43.4 Å². The molecule has 0 aliphatic carbocycles. The average Bonchev–Trinajstić information content (AvgIpc) is 3.27. The highest BCUT2D eigenvalue weighted by Crippen LogP contribution is 2.38. The van der Waals surface area contributed by atoms with Gasteiger partial charge in [-0.2, -0.15) is 0 Å². The smallest absolute Gasteiger partial charge is 0.410 e. The molecule has 0 saturated carbocycles. The lowest BCUT2D eigenvalue weighted by atomic mass is 10.0. The molecular weight excluding hydrogens is 488 g/mol. The van der Waals surface area contributed by atoms with E-state index < -0.39 is 0 Å². The van der Waals surface area contributed by atoms with Crippen molar-refractivity contribution in [1.29, 1.82) is 0 Å². The highest BCUT2D eigenvalue weighted by atomic mass is 32.1. The molecule has 8 nitrogen and oxygen atoms in total. The van der Waals surface area contributed by atoms with Gasteiger partial charge in [-0.1, -0.05) is 12.1 Å². The Bertz CT molecular complexity index is 1220. The summed E-state index contributed by atoms with van der Waals surface area (Å²) in [4.78, 5) is 30.6. The van der Waals surface area contributed by atoms with Gasteiger partial charge >= 0.3 is 6.09 Å². The Morgan fingerprint density at radius 3 is 2.41 bits per heavy atom. The molecule has 0 radical (unpaired) electrons. The van der Waals surface area contributed by atoms with Crippen LogP contribution in [0.1, 0.15) is 40.2 Å². The van der Waals surface area contributed by atoms with Crippen molar-refractivity contribution in [1.82, 2.24) is 4.90 Å². The number of thiophene rings is 1. The van der Waals surface area contributed by atoms with E-state index in [0.29, 0.717) is 50.5 Å². The Hall–Kier alpha value is -3.72. The van der Waals surface area contributed by atoms with Crippen LogP contribution < -0.4 is 20.3 Å². The summed E-state index contributed by atoms with van der Waals surface area (Å²) in [6.07, 6.45) is 0.271. The molecule has 0 fully saturated rings. The van der Waals surface area contributed by atoms with Crippen LogP contribution in [0.4, 0.5) is 21.2 Å². The second-order valence-electron chi connectivity index (χ2n) is 8.90. The molecule has 196 valence electrons. The van der Waals surface area contributed by atoms with Crippen LogP contribution in [0.3, 0.4) is 0 Å². The van der Waals surface area contributed by atoms with Crippen LogP contribution in [0.25, 0.3) is 0 Å². The van der Waals surface area contributed by atoms with E-state index in [-0.39, 0.29) is 12.0 Å². The first kappa shape index (κ1) is 26.3. The normalized spacial score (nSPS) is 12.5. The molecule has 0 unspecified atom stereocenters. The number of nitrogens with zero attached hydrogens (tertiary/aromatic N) is 2. The van der Waals surface area contributed by atoms with Gasteiger partial charge in [0.05, 0.1) is 25.3 Å². The summed E-state index contributed by atoms with van der Waals surface area (Å²) in [5.74, 6) is 0.590. The van der Waals surface area contributed by atoms with Crippen molar-refractivity contribution in [2.24, 2.45) is 0 Å². The fraction of sp³-hybridized carbons (Fsp3) is 0.357. The molecule has 0 saturated heterocycles. The van der Waals surface area contributed by atoms with Gasteiger partial charge in [-0.15, -0.1) is 11.3 Å². The summed E-state index contributed by atoms with van der Waals surface area (Å²) in [6, 6.07) is 15.7. The monoisotopic (exact) mass is 522 g/mol. The second-order valence-corrected chi connectivity index (χ2v) is 10.0. The van der Waals surface area contributed by atoms with Crippen LogP contribution in [0.5, 0.6) is 5.75 Å². The van der Waals surface area contributed by atoms with Crippen LogP contribution in [0.15, 0.2) is 48.5 Å². The standard InChI is InChI=1S/C28H34N4O4S/c1-5-35-22-13-9-20(10-14-22)30-26(33)25-23-15-16-32(28(34)36-6-2)18-24(23)37-27(25)29-17-19-7-11-21(12-8-19)31(3)4/h7-14,29H,5-6,15-18H2,1-4H3,(H,30,33). The van der Waals surface area contributed by atoms with Crippen LogP contribution in [-0.4, -0.2) is 50.8 Å². The molecule has 2 amide bonds. The molecular formula is C28H34N4O4S. The van der Waals surface area contributed by atoms with E-state index in [0.717, 1.165) is 32.4 Å². The van der Waals surface area contributed by atoms with Gasteiger partial charge in [0.25, 0.3) is 5.91 Å². The molecule has 1 aromatic heterocycles. The predicted octanol–water partition coefficient (Wildman–Crippen LogP) is 5.59. The van der Waals surface area contributed by atoms with Crippen molar-refractivity contribution in [3.8, 4) is 5.75 Å². The number of hydrogen-bond acceptors (Lipinski definition) is 7. The minimum Gasteiger partial charge on any atom is -0.494 e. The summed E-state index contributed by atoms with van der Waals surface area (Å²) in [5.41, 5.74) is 4.57. The lowest BCUT2D eigenvalue weighted by molar-refractivity contribution is 0.102. The number of carbonyl (C=O) groups excluding carboxylic acids is 2. The number of rotatable bonds is 9. The summed E-state index contributed by atoms with van der Waals surface area (Å²) in [7, 11) is 4.02. The summed E-state index contributed by atoms with van der Waals surface area (Å²) in [5, 5.41) is 7.33. The van der Waals surface area contributed by atoms with Gasteiger partial charge in [-0.25, -0.2) is 4.79 Å². The van der Waals surface area contributed by atoms with Crippen molar-refractivity contribution < 1.29 is 19.1 Å². The fourth-order valence-electron chi connectivity index (χ4n) is 4.23. The molecule has 0 bridgehead atoms. The average molecular weight is 523 g/mol. The quantitative estimate of drug-likeness (QED) is 0.381. The van der Waals surface area contributed by atoms with Gasteiger partial charge in [-0.05, 0) is 67.8 Å². The Morgan fingerprint density at radius 1 is 1.03 bits per heavy atom. The summed E-state index contributed by atoms with van der Waals surface area (Å²) >= 11 is 1.53. The molecule has 2 heterocycles. The molecule has 37 heavy (non-hydrogen) atoms. The first-order valence-electron chi connectivity index (χ1n) is 12.5. The number of hydrogen-bond donors (Lipinski definition) is 2. The molecule has 2 N–H and O–H groups in total. The molecule has 0 spiro atoms. The number of nitrogens with one attached hydrogen (secondary N) is 2. The number of amides is 2. The number of carbonyl (C=O) groups is 2. The van der Waals surface area contributed by atoms with E-state index in [9.17, 15) is 9.59 Å². The first-order valence-corrected chi connectivity index (χ1v) is 13.3. The largest absolute Gasteiger partial charge is 0.494 e. The molecule has 2 aromatic carbocycles. The first-order chi connectivity index (χ1) is 17.9. The van der Waals surface area contributed by atoms with Gasteiger partial charge in [0.2, 0.25) is 0 Å². The minimum absolute atomic E-state index is 0.170. The number of ether oxygens (including phenoxy) is 2. The Kier molecular flexibility index (Phi) is 8.55. The van der Waals surface area contributed by atoms with Crippen molar-refractivity contribution >= 4 is 39.7 Å². The molecule has 4 rings (SSSR count). The lowest BCUT2D eigenvalue weighted by Crippen LogP contribution is -2.36. The fourth-order valence-corrected chi connectivity index (χ4v) is 5.48. The highest BCUT2D eigenvalue weighted by molar-refractivity contribution is 7.16. The van der Waals surface area contributed by atoms with E-state index in [1.165, 1.54) is 11.3 Å². The SMILES string of the molecule is CCOC(=O)N1CCc2c(sc(NCc3ccc(N(C)C)cc3)c2C(=O)Nc2ccc(OCC)cc2)C1. The zero-order valence-electron chi connectivity index (χ0n) is 21.8. The zero-order valence-corrected chi connectivity index (χ0v) is 22.6. The minimum atomic E-state index is -0.322. The van der Waals surface area contributed by atoms with Crippen LogP contribution in [-0.2, 0) is 24.2 Å². The van der Waals surface area contributed by atoms with Crippen LogP contribution >= 0.6 is 11.3 Å². The third-order valence-corrected chi connectivity index (χ3v) is 7.31. The van der Waals surface area contributed by atoms with E-state index in [2.05, 4.69) is 39.8 Å². The van der Waals surface area contributed by atoms with Crippen molar-refractivity contribution in [3.63, 3.8) is 0 Å².